The van der Waals surface area contributed by atoms with Crippen LogP contribution in [0.5, 0.6) is 0 Å². The van der Waals surface area contributed by atoms with Crippen LogP contribution >= 0.6 is 0 Å². The highest BCUT2D eigenvalue weighted by molar-refractivity contribution is 6.50. The second-order valence-corrected chi connectivity index (χ2v) is 8.70. The van der Waals surface area contributed by atoms with E-state index < -0.39 is 11.8 Å². The molecule has 0 saturated carbocycles. The number of hydrogen-bond acceptors (Lipinski definition) is 4. The number of aromatic amines is 1. The van der Waals surface area contributed by atoms with Gasteiger partial charge in [-0.25, -0.2) is 0 Å². The van der Waals surface area contributed by atoms with Gasteiger partial charge in [0.15, 0.2) is 0 Å². The Labute approximate surface area is 196 Å². The van der Waals surface area contributed by atoms with Crippen molar-refractivity contribution in [2.24, 2.45) is 0 Å². The molecule has 8 heteroatoms. The molecule has 4 aromatic rings. The Morgan fingerprint density at radius 1 is 0.971 bits per heavy atom. The molecular weight excluding hydrogens is 430 g/mol. The highest BCUT2D eigenvalue weighted by atomic mass is 16.2. The minimum Gasteiger partial charge on any atom is -0.361 e. The lowest BCUT2D eigenvalue weighted by Gasteiger charge is -2.13. The van der Waals surface area contributed by atoms with Crippen LogP contribution in [-0.2, 0) is 20.9 Å². The van der Waals surface area contributed by atoms with Crippen molar-refractivity contribution in [3.63, 3.8) is 0 Å². The van der Waals surface area contributed by atoms with Gasteiger partial charge in [0.2, 0.25) is 5.91 Å². The number of hydrogen-bond donors (Lipinski definition) is 3. The molecule has 1 aliphatic rings. The summed E-state index contributed by atoms with van der Waals surface area (Å²) in [6, 6.07) is 13.3. The average Bonchev–Trinajstić information content (AvgIpc) is 3.45. The van der Waals surface area contributed by atoms with E-state index in [9.17, 15) is 14.4 Å². The number of carbonyl (C=O) groups excluding carboxylic acids is 3. The van der Waals surface area contributed by atoms with E-state index in [1.165, 1.54) is 6.92 Å². The van der Waals surface area contributed by atoms with Crippen molar-refractivity contribution in [2.75, 3.05) is 26.0 Å². The number of imide groups is 1. The van der Waals surface area contributed by atoms with Gasteiger partial charge >= 0.3 is 0 Å². The van der Waals surface area contributed by atoms with Crippen molar-refractivity contribution in [1.82, 2.24) is 19.8 Å². The Balaban J connectivity index is 1.79. The lowest BCUT2D eigenvalue weighted by Crippen LogP contribution is -2.22. The number of amides is 3. The second kappa shape index (κ2) is 8.31. The van der Waals surface area contributed by atoms with Crippen LogP contribution in [0, 0.1) is 0 Å². The molecule has 0 radical (unpaired) electrons. The lowest BCUT2D eigenvalue weighted by molar-refractivity contribution is -0.123. The SMILES string of the molecule is CC(=O)Nc1cccc2c(C3=C(c4c[nH]c5ccccc45)C(=O)NC3=O)cn(CCN(C)C)c12. The van der Waals surface area contributed by atoms with Crippen molar-refractivity contribution < 1.29 is 14.4 Å². The van der Waals surface area contributed by atoms with Gasteiger partial charge in [-0.2, -0.15) is 0 Å². The van der Waals surface area contributed by atoms with Crippen LogP contribution in [0.25, 0.3) is 33.0 Å². The smallest absolute Gasteiger partial charge is 0.259 e. The summed E-state index contributed by atoms with van der Waals surface area (Å²) < 4.78 is 2.03. The molecule has 0 fully saturated rings. The van der Waals surface area contributed by atoms with E-state index in [2.05, 4.69) is 20.5 Å². The second-order valence-electron chi connectivity index (χ2n) is 8.70. The summed E-state index contributed by atoms with van der Waals surface area (Å²) in [5, 5.41) is 7.05. The summed E-state index contributed by atoms with van der Waals surface area (Å²) in [6.45, 7) is 2.87. The third-order valence-electron chi connectivity index (χ3n) is 6.06. The van der Waals surface area contributed by atoms with Crippen LogP contribution in [0.1, 0.15) is 18.1 Å². The summed E-state index contributed by atoms with van der Waals surface area (Å²) in [7, 11) is 3.98. The molecular formula is C26H25N5O3. The third-order valence-corrected chi connectivity index (χ3v) is 6.06. The maximum Gasteiger partial charge on any atom is 0.259 e. The maximum absolute atomic E-state index is 13.1. The van der Waals surface area contributed by atoms with Crippen LogP contribution in [0.3, 0.4) is 0 Å². The number of nitrogens with one attached hydrogen (secondary N) is 3. The fourth-order valence-electron chi connectivity index (χ4n) is 4.58. The number of nitrogens with zero attached hydrogens (tertiary/aromatic N) is 2. The van der Waals surface area contributed by atoms with Gasteiger partial charge in [-0.15, -0.1) is 0 Å². The van der Waals surface area contributed by atoms with Gasteiger partial charge < -0.3 is 19.8 Å². The predicted molar refractivity (Wildman–Crippen MR) is 133 cm³/mol. The van der Waals surface area contributed by atoms with Gasteiger partial charge in [0.1, 0.15) is 0 Å². The molecule has 34 heavy (non-hydrogen) atoms. The molecule has 0 bridgehead atoms. The number of fused-ring (bicyclic) bond motifs is 2. The van der Waals surface area contributed by atoms with Gasteiger partial charge in [-0.1, -0.05) is 30.3 Å². The van der Waals surface area contributed by atoms with Crippen molar-refractivity contribution in [3.8, 4) is 0 Å². The highest BCUT2D eigenvalue weighted by Crippen LogP contribution is 2.39. The zero-order valence-corrected chi connectivity index (χ0v) is 19.2. The van der Waals surface area contributed by atoms with Crippen molar-refractivity contribution in [2.45, 2.75) is 13.5 Å². The topological polar surface area (TPSA) is 99.2 Å². The zero-order chi connectivity index (χ0) is 24.0. The molecule has 3 amide bonds. The van der Waals surface area contributed by atoms with E-state index in [0.717, 1.165) is 28.4 Å². The van der Waals surface area contributed by atoms with E-state index >= 15 is 0 Å². The Bertz CT molecular complexity index is 1510. The van der Waals surface area contributed by atoms with Crippen LogP contribution in [0.15, 0.2) is 54.9 Å². The molecule has 3 heterocycles. The van der Waals surface area contributed by atoms with E-state index in [4.69, 9.17) is 0 Å². The van der Waals surface area contributed by atoms with Gasteiger partial charge in [0, 0.05) is 59.8 Å². The van der Waals surface area contributed by atoms with Crippen LogP contribution in [0.2, 0.25) is 0 Å². The maximum atomic E-state index is 13.1. The van der Waals surface area contributed by atoms with Crippen LogP contribution in [0.4, 0.5) is 5.69 Å². The Morgan fingerprint density at radius 3 is 2.41 bits per heavy atom. The van der Waals surface area contributed by atoms with E-state index in [1.54, 1.807) is 6.20 Å². The Morgan fingerprint density at radius 2 is 1.68 bits per heavy atom. The first-order chi connectivity index (χ1) is 16.3. The number of aromatic nitrogens is 2. The van der Waals surface area contributed by atoms with Crippen molar-refractivity contribution in [3.05, 3.63) is 66.0 Å². The first kappa shape index (κ1) is 21.7. The average molecular weight is 456 g/mol. The fraction of sp³-hybridized carbons (Fsp3) is 0.192. The molecule has 5 rings (SSSR count). The third kappa shape index (κ3) is 3.58. The van der Waals surface area contributed by atoms with E-state index in [0.29, 0.717) is 34.5 Å². The van der Waals surface area contributed by atoms with Gasteiger partial charge in [0.05, 0.1) is 22.4 Å². The molecule has 1 aliphatic heterocycles. The number of para-hydroxylation sites is 2. The minimum absolute atomic E-state index is 0.179. The normalized spacial score (nSPS) is 14.0. The number of likely N-dealkylation sites (N-methyl/N-ethyl adjacent to an activating group) is 1. The first-order valence-corrected chi connectivity index (χ1v) is 11.1. The number of rotatable bonds is 6. The summed E-state index contributed by atoms with van der Waals surface area (Å²) in [6.07, 6.45) is 3.67. The Kier molecular flexibility index (Phi) is 5.30. The first-order valence-electron chi connectivity index (χ1n) is 11.1. The molecule has 2 aromatic carbocycles. The number of anilines is 1. The molecule has 3 N–H and O–H groups in total. The number of benzene rings is 2. The predicted octanol–water partition coefficient (Wildman–Crippen LogP) is 3.21. The quantitative estimate of drug-likeness (QED) is 0.389. The monoisotopic (exact) mass is 455 g/mol. The van der Waals surface area contributed by atoms with Gasteiger partial charge in [-0.05, 0) is 26.2 Å². The molecule has 0 saturated heterocycles. The standard InChI is InChI=1S/C26H25N5O3/c1-15(32)28-21-10-6-8-17-19(14-31(24(17)21)12-11-30(2)3)23-22(25(33)29-26(23)34)18-13-27-20-9-5-4-7-16(18)20/h4-10,13-14,27H,11-12H2,1-3H3,(H,28,32)(H,29,33,34). The molecule has 8 nitrogen and oxygen atoms in total. The van der Waals surface area contributed by atoms with Crippen LogP contribution < -0.4 is 10.6 Å². The molecule has 172 valence electrons. The van der Waals surface area contributed by atoms with Crippen molar-refractivity contribution in [1.29, 1.82) is 0 Å². The summed E-state index contributed by atoms with van der Waals surface area (Å²) in [4.78, 5) is 43.3. The largest absolute Gasteiger partial charge is 0.361 e. The number of H-pyrrole nitrogens is 1. The molecule has 0 spiro atoms. The highest BCUT2D eigenvalue weighted by Gasteiger charge is 2.35. The van der Waals surface area contributed by atoms with Crippen LogP contribution in [-0.4, -0.2) is 52.8 Å². The van der Waals surface area contributed by atoms with E-state index in [-0.39, 0.29) is 5.91 Å². The summed E-state index contributed by atoms with van der Waals surface area (Å²) >= 11 is 0. The van der Waals surface area contributed by atoms with Crippen molar-refractivity contribution >= 4 is 56.4 Å². The Hall–Kier alpha value is -4.17. The molecule has 0 aliphatic carbocycles. The van der Waals surface area contributed by atoms with Gasteiger partial charge in [0.25, 0.3) is 11.8 Å². The summed E-state index contributed by atoms with van der Waals surface area (Å²) in [5.41, 5.74) is 4.38. The molecule has 2 aromatic heterocycles. The summed E-state index contributed by atoms with van der Waals surface area (Å²) in [5.74, 6) is -1.03. The molecule has 0 atom stereocenters. The fourth-order valence-corrected chi connectivity index (χ4v) is 4.58. The number of carbonyl (C=O) groups is 3. The van der Waals surface area contributed by atoms with Gasteiger partial charge in [-0.3, -0.25) is 19.7 Å². The molecule has 0 unspecified atom stereocenters. The minimum atomic E-state index is -0.429. The zero-order valence-electron chi connectivity index (χ0n) is 19.2. The van der Waals surface area contributed by atoms with E-state index in [1.807, 2.05) is 67.3 Å². The lowest BCUT2D eigenvalue weighted by atomic mass is 9.95.